The van der Waals surface area contributed by atoms with Gasteiger partial charge in [-0.15, -0.1) is 0 Å². The van der Waals surface area contributed by atoms with E-state index in [4.69, 9.17) is 33.3 Å². The van der Waals surface area contributed by atoms with Crippen molar-refractivity contribution in [2.75, 3.05) is 6.61 Å². The first-order chi connectivity index (χ1) is 18.1. The molecule has 2 aliphatic carbocycles. The second-order valence-electron chi connectivity index (χ2n) is 11.4. The quantitative estimate of drug-likeness (QED) is 0.529. The summed E-state index contributed by atoms with van der Waals surface area (Å²) in [6, 6.07) is 10.0. The first kappa shape index (κ1) is 24.2. The summed E-state index contributed by atoms with van der Waals surface area (Å²) >= 11 is 0. The maximum atomic E-state index is 6.63. The van der Waals surface area contributed by atoms with Crippen molar-refractivity contribution in [3.63, 3.8) is 0 Å². The van der Waals surface area contributed by atoms with E-state index >= 15 is 0 Å². The average Bonchev–Trinajstić information content (AvgIpc) is 3.58. The lowest BCUT2D eigenvalue weighted by atomic mass is 9.94. The molecule has 8 heteroatoms. The van der Waals surface area contributed by atoms with Crippen LogP contribution in [-0.4, -0.2) is 60.9 Å². The molecule has 7 rings (SSSR count). The number of hydrogen-bond acceptors (Lipinski definition) is 8. The Morgan fingerprint density at radius 2 is 1.57 bits per heavy atom. The van der Waals surface area contributed by atoms with Crippen LogP contribution in [0.1, 0.15) is 76.2 Å². The van der Waals surface area contributed by atoms with E-state index in [9.17, 15) is 0 Å². The van der Waals surface area contributed by atoms with Crippen LogP contribution in [0, 0.1) is 0 Å². The molecule has 1 aromatic rings. The van der Waals surface area contributed by atoms with Crippen molar-refractivity contribution in [3.8, 4) is 0 Å². The molecule has 0 bridgehead atoms. The molecule has 0 amide bonds. The predicted octanol–water partition coefficient (Wildman–Crippen LogP) is 4.96. The number of fused-ring (bicyclic) bond motifs is 1. The van der Waals surface area contributed by atoms with Crippen LogP contribution < -0.4 is 0 Å². The van der Waals surface area contributed by atoms with Gasteiger partial charge in [-0.3, -0.25) is 0 Å². The molecular formula is C29H37NO7. The maximum Gasteiger partial charge on any atom is 0.249 e. The summed E-state index contributed by atoms with van der Waals surface area (Å²) in [6.45, 7) is 4.74. The van der Waals surface area contributed by atoms with Crippen molar-refractivity contribution in [1.82, 2.24) is 0 Å². The minimum Gasteiger partial charge on any atom is -0.359 e. The molecule has 2 spiro atoms. The van der Waals surface area contributed by atoms with Gasteiger partial charge in [0, 0.05) is 32.1 Å². The van der Waals surface area contributed by atoms with Crippen LogP contribution in [0.15, 0.2) is 47.6 Å². The molecular weight excluding hydrogens is 474 g/mol. The van der Waals surface area contributed by atoms with Gasteiger partial charge in [-0.25, -0.2) is 0 Å². The standard InChI is InChI=1S/C29H37NO7/c1-19-17-21(20-11-5-2-6-12-20)30-37-26(19)33-24-23(22-18-31-28(34-22)13-7-3-8-14-28)32-27-25(24)35-29(36-27)15-9-4-10-16-29/h2,5-6,11-12,22-27H,1,3-4,7-10,13-18H2/t22-,23-,24+,25-,26?,27-/m1/s1. The first-order valence-corrected chi connectivity index (χ1v) is 14.1. The molecule has 2 saturated carbocycles. The van der Waals surface area contributed by atoms with Gasteiger partial charge < -0.3 is 33.3 Å². The zero-order chi connectivity index (χ0) is 24.9. The molecule has 3 saturated heterocycles. The average molecular weight is 512 g/mol. The molecule has 1 unspecified atom stereocenters. The second-order valence-corrected chi connectivity index (χ2v) is 11.4. The van der Waals surface area contributed by atoms with Crippen LogP contribution in [0.2, 0.25) is 0 Å². The van der Waals surface area contributed by atoms with Crippen LogP contribution >= 0.6 is 0 Å². The van der Waals surface area contributed by atoms with Crippen LogP contribution in [0.3, 0.4) is 0 Å². The van der Waals surface area contributed by atoms with E-state index in [0.29, 0.717) is 13.0 Å². The summed E-state index contributed by atoms with van der Waals surface area (Å²) in [5, 5.41) is 4.40. The Labute approximate surface area is 218 Å². The largest absolute Gasteiger partial charge is 0.359 e. The van der Waals surface area contributed by atoms with Crippen molar-refractivity contribution in [1.29, 1.82) is 0 Å². The van der Waals surface area contributed by atoms with Gasteiger partial charge in [-0.1, -0.05) is 54.9 Å². The van der Waals surface area contributed by atoms with Crippen molar-refractivity contribution in [3.05, 3.63) is 48.0 Å². The number of oxime groups is 1. The van der Waals surface area contributed by atoms with Gasteiger partial charge in [0.2, 0.25) is 6.29 Å². The molecule has 5 fully saturated rings. The third kappa shape index (κ3) is 4.56. The Bertz CT molecular complexity index is 1020. The topological polar surface area (TPSA) is 77.0 Å². The Morgan fingerprint density at radius 1 is 0.838 bits per heavy atom. The first-order valence-electron chi connectivity index (χ1n) is 14.1. The smallest absolute Gasteiger partial charge is 0.249 e. The Hall–Kier alpha value is -1.81. The van der Waals surface area contributed by atoms with Gasteiger partial charge >= 0.3 is 0 Å². The highest BCUT2D eigenvalue weighted by molar-refractivity contribution is 6.01. The zero-order valence-corrected chi connectivity index (χ0v) is 21.3. The molecule has 0 radical (unpaired) electrons. The van der Waals surface area contributed by atoms with E-state index in [2.05, 4.69) is 11.7 Å². The van der Waals surface area contributed by atoms with Gasteiger partial charge in [-0.2, -0.15) is 0 Å². The molecule has 6 aliphatic rings. The highest BCUT2D eigenvalue weighted by atomic mass is 16.9. The minimum atomic E-state index is -0.695. The fourth-order valence-electron chi connectivity index (χ4n) is 6.79. The normalized spacial score (nSPS) is 38.5. The van der Waals surface area contributed by atoms with E-state index < -0.39 is 36.4 Å². The fraction of sp³-hybridized carbons (Fsp3) is 0.690. The summed E-state index contributed by atoms with van der Waals surface area (Å²) in [4.78, 5) is 5.87. The highest BCUT2D eigenvalue weighted by Crippen LogP contribution is 2.49. The second kappa shape index (κ2) is 9.74. The molecule has 37 heavy (non-hydrogen) atoms. The molecule has 200 valence electrons. The Kier molecular flexibility index (Phi) is 6.38. The third-order valence-corrected chi connectivity index (χ3v) is 8.74. The van der Waals surface area contributed by atoms with Crippen LogP contribution in [-0.2, 0) is 33.3 Å². The van der Waals surface area contributed by atoms with E-state index in [1.54, 1.807) is 0 Å². The molecule has 6 atom stereocenters. The Morgan fingerprint density at radius 3 is 2.30 bits per heavy atom. The van der Waals surface area contributed by atoms with Gasteiger partial charge in [0.1, 0.15) is 24.4 Å². The number of ether oxygens (including phenoxy) is 6. The van der Waals surface area contributed by atoms with Crippen molar-refractivity contribution >= 4 is 5.71 Å². The molecule has 0 aromatic heterocycles. The van der Waals surface area contributed by atoms with E-state index in [0.717, 1.165) is 68.2 Å². The number of nitrogens with zero attached hydrogens (tertiary/aromatic N) is 1. The summed E-state index contributed by atoms with van der Waals surface area (Å²) in [6.07, 6.45) is 8.37. The zero-order valence-electron chi connectivity index (χ0n) is 21.3. The van der Waals surface area contributed by atoms with E-state index in [1.165, 1.54) is 12.8 Å². The minimum absolute atomic E-state index is 0.261. The van der Waals surface area contributed by atoms with Gasteiger partial charge in [0.15, 0.2) is 17.9 Å². The summed E-state index contributed by atoms with van der Waals surface area (Å²) in [7, 11) is 0. The predicted molar refractivity (Wildman–Crippen MR) is 134 cm³/mol. The van der Waals surface area contributed by atoms with Crippen LogP contribution in [0.5, 0.6) is 0 Å². The van der Waals surface area contributed by atoms with Crippen molar-refractivity contribution in [2.45, 2.75) is 119 Å². The lowest BCUT2D eigenvalue weighted by Crippen LogP contribution is -2.47. The molecule has 8 nitrogen and oxygen atoms in total. The Balaban J connectivity index is 1.10. The van der Waals surface area contributed by atoms with Crippen molar-refractivity contribution in [2.24, 2.45) is 5.16 Å². The van der Waals surface area contributed by atoms with Gasteiger partial charge in [0.25, 0.3) is 0 Å². The number of rotatable bonds is 4. The van der Waals surface area contributed by atoms with Crippen molar-refractivity contribution < 1.29 is 33.3 Å². The van der Waals surface area contributed by atoms with Crippen LogP contribution in [0.25, 0.3) is 0 Å². The molecule has 0 N–H and O–H groups in total. The monoisotopic (exact) mass is 511 g/mol. The van der Waals surface area contributed by atoms with Crippen LogP contribution in [0.4, 0.5) is 0 Å². The maximum absolute atomic E-state index is 6.63. The molecule has 4 aliphatic heterocycles. The van der Waals surface area contributed by atoms with Gasteiger partial charge in [0.05, 0.1) is 12.3 Å². The van der Waals surface area contributed by atoms with Gasteiger partial charge in [-0.05, 0) is 36.8 Å². The molecule has 1 aromatic carbocycles. The lowest BCUT2D eigenvalue weighted by molar-refractivity contribution is -0.272. The van der Waals surface area contributed by atoms with E-state index in [1.807, 2.05) is 30.3 Å². The summed E-state index contributed by atoms with van der Waals surface area (Å²) in [5.74, 6) is -1.08. The summed E-state index contributed by atoms with van der Waals surface area (Å²) in [5.41, 5.74) is 2.68. The number of hydrogen-bond donors (Lipinski definition) is 0. The number of benzene rings is 1. The molecule has 4 heterocycles. The third-order valence-electron chi connectivity index (χ3n) is 8.74. The SMILES string of the molecule is C=C1CC(c2ccccc2)=NOC1O[C@@H]1[C@H]2OC3(CCCCC3)O[C@H]2O[C@@H]1[C@H]1COC2(CCCCC2)O1. The summed E-state index contributed by atoms with van der Waals surface area (Å²) < 4.78 is 39.0. The lowest BCUT2D eigenvalue weighted by Gasteiger charge is -2.36. The highest BCUT2D eigenvalue weighted by Gasteiger charge is 2.62. The fourth-order valence-corrected chi connectivity index (χ4v) is 6.79. The van der Waals surface area contributed by atoms with E-state index in [-0.39, 0.29) is 12.2 Å².